The van der Waals surface area contributed by atoms with Gasteiger partial charge in [0.15, 0.2) is 0 Å². The lowest BCUT2D eigenvalue weighted by Crippen LogP contribution is -2.34. The zero-order valence-corrected chi connectivity index (χ0v) is 10.6. The van der Waals surface area contributed by atoms with E-state index in [9.17, 15) is 4.79 Å². The Bertz CT molecular complexity index is 198. The first-order valence-corrected chi connectivity index (χ1v) is 6.38. The molecule has 1 fully saturated rings. The van der Waals surface area contributed by atoms with Crippen molar-refractivity contribution in [1.29, 1.82) is 0 Å². The first-order valence-electron chi connectivity index (χ1n) is 6.38. The molecular weight excluding hydrogens is 202 g/mol. The summed E-state index contributed by atoms with van der Waals surface area (Å²) in [7, 11) is 0. The number of carbonyl (C=O) groups excluding carboxylic acids is 1. The summed E-state index contributed by atoms with van der Waals surface area (Å²) in [5, 5.41) is 6.32. The molecule has 4 nitrogen and oxygen atoms in total. The summed E-state index contributed by atoms with van der Waals surface area (Å²) >= 11 is 0. The Hall–Kier alpha value is -0.610. The van der Waals surface area contributed by atoms with Crippen LogP contribution in [0.3, 0.4) is 0 Å². The fraction of sp³-hybridized carbons (Fsp3) is 0.917. The number of hydrogen-bond acceptors (Lipinski definition) is 3. The molecule has 0 aromatic rings. The Morgan fingerprint density at radius 1 is 1.38 bits per heavy atom. The Morgan fingerprint density at radius 2 is 2.19 bits per heavy atom. The molecule has 94 valence electrons. The highest BCUT2D eigenvalue weighted by atomic mass is 16.1. The second kappa shape index (κ2) is 7.63. The van der Waals surface area contributed by atoms with Crippen molar-refractivity contribution < 1.29 is 4.79 Å². The van der Waals surface area contributed by atoms with Crippen molar-refractivity contribution in [2.24, 2.45) is 5.92 Å². The number of carbonyl (C=O) groups is 1. The maximum Gasteiger partial charge on any atom is 0.221 e. The van der Waals surface area contributed by atoms with Crippen molar-refractivity contribution in [1.82, 2.24) is 15.5 Å². The van der Waals surface area contributed by atoms with Crippen LogP contribution in [0.5, 0.6) is 0 Å². The Balaban J connectivity index is 2.10. The molecule has 0 spiro atoms. The van der Waals surface area contributed by atoms with Gasteiger partial charge in [-0.2, -0.15) is 0 Å². The smallest absolute Gasteiger partial charge is 0.221 e. The second-order valence-corrected chi connectivity index (χ2v) is 4.89. The second-order valence-electron chi connectivity index (χ2n) is 4.89. The van der Waals surface area contributed by atoms with Gasteiger partial charge in [0.1, 0.15) is 0 Å². The third-order valence-electron chi connectivity index (χ3n) is 2.80. The molecule has 1 rings (SSSR count). The minimum Gasteiger partial charge on any atom is -0.356 e. The molecule has 0 atom stereocenters. The Kier molecular flexibility index (Phi) is 6.42. The van der Waals surface area contributed by atoms with Crippen molar-refractivity contribution in [3.8, 4) is 0 Å². The average Bonchev–Trinajstić information content (AvgIpc) is 2.51. The predicted octanol–water partition coefficient (Wildman–Crippen LogP) is 0.444. The number of nitrogens with one attached hydrogen (secondary N) is 2. The van der Waals surface area contributed by atoms with Gasteiger partial charge in [0.2, 0.25) is 5.91 Å². The van der Waals surface area contributed by atoms with Gasteiger partial charge in [0, 0.05) is 32.6 Å². The van der Waals surface area contributed by atoms with E-state index < -0.39 is 0 Å². The lowest BCUT2D eigenvalue weighted by atomic mass is 10.2. The van der Waals surface area contributed by atoms with E-state index in [0.29, 0.717) is 12.3 Å². The first-order chi connectivity index (χ1) is 7.68. The summed E-state index contributed by atoms with van der Waals surface area (Å²) in [5.74, 6) is 0.720. The predicted molar refractivity (Wildman–Crippen MR) is 66.4 cm³/mol. The summed E-state index contributed by atoms with van der Waals surface area (Å²) in [5.41, 5.74) is 0. The van der Waals surface area contributed by atoms with Crippen LogP contribution < -0.4 is 10.6 Å². The van der Waals surface area contributed by atoms with Crippen LogP contribution in [0.1, 0.15) is 26.7 Å². The summed E-state index contributed by atoms with van der Waals surface area (Å²) in [4.78, 5) is 13.9. The maximum atomic E-state index is 11.5. The quantitative estimate of drug-likeness (QED) is 0.716. The maximum absolute atomic E-state index is 11.5. The van der Waals surface area contributed by atoms with Crippen LogP contribution in [0, 0.1) is 5.92 Å². The highest BCUT2D eigenvalue weighted by Crippen LogP contribution is 1.97. The Morgan fingerprint density at radius 3 is 2.94 bits per heavy atom. The summed E-state index contributed by atoms with van der Waals surface area (Å²) in [6, 6.07) is 0. The monoisotopic (exact) mass is 227 g/mol. The molecule has 1 heterocycles. The van der Waals surface area contributed by atoms with Crippen molar-refractivity contribution in [2.75, 3.05) is 39.3 Å². The zero-order valence-electron chi connectivity index (χ0n) is 10.6. The minimum absolute atomic E-state index is 0.186. The molecule has 0 bridgehead atoms. The van der Waals surface area contributed by atoms with E-state index in [2.05, 4.69) is 29.4 Å². The molecule has 0 aromatic carbocycles. The van der Waals surface area contributed by atoms with Gasteiger partial charge in [-0.1, -0.05) is 13.8 Å². The number of hydrogen-bond donors (Lipinski definition) is 2. The summed E-state index contributed by atoms with van der Waals surface area (Å²) in [6.45, 7) is 10.2. The first kappa shape index (κ1) is 13.5. The normalized spacial score (nSPS) is 18.4. The molecule has 4 heteroatoms. The molecule has 0 aliphatic carbocycles. The fourth-order valence-corrected chi connectivity index (χ4v) is 1.79. The van der Waals surface area contributed by atoms with Crippen LogP contribution in [0.4, 0.5) is 0 Å². The van der Waals surface area contributed by atoms with E-state index >= 15 is 0 Å². The number of nitrogens with zero attached hydrogens (tertiary/aromatic N) is 1. The van der Waals surface area contributed by atoms with E-state index in [1.54, 1.807) is 0 Å². The van der Waals surface area contributed by atoms with Gasteiger partial charge in [-0.3, -0.25) is 4.79 Å². The largest absolute Gasteiger partial charge is 0.356 e. The van der Waals surface area contributed by atoms with Gasteiger partial charge in [-0.25, -0.2) is 0 Å². The Labute approximate surface area is 98.8 Å². The van der Waals surface area contributed by atoms with Crippen LogP contribution in [-0.4, -0.2) is 50.1 Å². The average molecular weight is 227 g/mol. The molecule has 0 aromatic heterocycles. The van der Waals surface area contributed by atoms with Gasteiger partial charge in [-0.05, 0) is 25.4 Å². The van der Waals surface area contributed by atoms with Crippen LogP contribution >= 0.6 is 0 Å². The molecule has 16 heavy (non-hydrogen) atoms. The van der Waals surface area contributed by atoms with Crippen molar-refractivity contribution in [3.63, 3.8) is 0 Å². The van der Waals surface area contributed by atoms with Crippen LogP contribution in [0.2, 0.25) is 0 Å². The van der Waals surface area contributed by atoms with Crippen LogP contribution in [0.25, 0.3) is 0 Å². The van der Waals surface area contributed by atoms with Gasteiger partial charge in [0.25, 0.3) is 0 Å². The van der Waals surface area contributed by atoms with Crippen LogP contribution in [-0.2, 0) is 4.79 Å². The molecule has 1 aliphatic heterocycles. The molecular formula is C12H25N3O. The lowest BCUT2D eigenvalue weighted by molar-refractivity contribution is -0.121. The fourth-order valence-electron chi connectivity index (χ4n) is 1.79. The zero-order chi connectivity index (χ0) is 11.8. The minimum atomic E-state index is 0.186. The van der Waals surface area contributed by atoms with E-state index in [-0.39, 0.29) is 5.91 Å². The lowest BCUT2D eigenvalue weighted by Gasteiger charge is -2.19. The van der Waals surface area contributed by atoms with E-state index in [4.69, 9.17) is 0 Å². The molecule has 0 unspecified atom stereocenters. The number of rotatable bonds is 5. The third-order valence-corrected chi connectivity index (χ3v) is 2.80. The summed E-state index contributed by atoms with van der Waals surface area (Å²) in [6.07, 6.45) is 1.82. The highest BCUT2D eigenvalue weighted by Gasteiger charge is 2.10. The van der Waals surface area contributed by atoms with Crippen molar-refractivity contribution >= 4 is 5.91 Å². The van der Waals surface area contributed by atoms with Gasteiger partial charge in [-0.15, -0.1) is 0 Å². The molecule has 1 amide bonds. The van der Waals surface area contributed by atoms with Crippen molar-refractivity contribution in [2.45, 2.75) is 26.7 Å². The highest BCUT2D eigenvalue weighted by molar-refractivity contribution is 5.76. The third kappa shape index (κ3) is 6.08. The molecule has 1 saturated heterocycles. The topological polar surface area (TPSA) is 44.4 Å². The molecule has 0 saturated carbocycles. The van der Waals surface area contributed by atoms with E-state index in [1.807, 2.05) is 0 Å². The number of amides is 1. The van der Waals surface area contributed by atoms with Gasteiger partial charge in [0.05, 0.1) is 0 Å². The standard InChI is InChI=1S/C12H25N3O/c1-11(2)10-14-12(16)4-8-15-7-3-5-13-6-9-15/h11,13H,3-10H2,1-2H3,(H,14,16). The van der Waals surface area contributed by atoms with Gasteiger partial charge < -0.3 is 15.5 Å². The molecule has 0 radical (unpaired) electrons. The summed E-state index contributed by atoms with van der Waals surface area (Å²) < 4.78 is 0. The van der Waals surface area contributed by atoms with E-state index in [1.165, 1.54) is 6.42 Å². The van der Waals surface area contributed by atoms with Gasteiger partial charge >= 0.3 is 0 Å². The SMILES string of the molecule is CC(C)CNC(=O)CCN1CCCNCC1. The molecule has 1 aliphatic rings. The van der Waals surface area contributed by atoms with E-state index in [0.717, 1.165) is 39.3 Å². The van der Waals surface area contributed by atoms with Crippen LogP contribution in [0.15, 0.2) is 0 Å². The molecule has 2 N–H and O–H groups in total. The van der Waals surface area contributed by atoms with Crippen molar-refractivity contribution in [3.05, 3.63) is 0 Å².